The Balaban J connectivity index is 1.39. The molecule has 0 radical (unpaired) electrons. The maximum absolute atomic E-state index is 12.5. The number of amides is 1. The Bertz CT molecular complexity index is 1260. The highest BCUT2D eigenvalue weighted by atomic mass is 16.2. The SMILES string of the molecule is CCN(Cc1ccccc1)c1ccc(/C=N/NC(=O)c2ccc3c(c2)nc(C)n3CC)cc1. The van der Waals surface area contributed by atoms with Crippen LogP contribution < -0.4 is 10.3 Å². The Hall–Kier alpha value is -3.93. The van der Waals surface area contributed by atoms with Gasteiger partial charge in [-0.2, -0.15) is 5.10 Å². The zero-order valence-corrected chi connectivity index (χ0v) is 19.3. The number of hydrogen-bond donors (Lipinski definition) is 1. The fourth-order valence-corrected chi connectivity index (χ4v) is 3.98. The van der Waals surface area contributed by atoms with Gasteiger partial charge in [-0.15, -0.1) is 0 Å². The van der Waals surface area contributed by atoms with E-state index < -0.39 is 0 Å². The first-order chi connectivity index (χ1) is 16.1. The van der Waals surface area contributed by atoms with Crippen LogP contribution in [0.15, 0.2) is 77.9 Å². The second kappa shape index (κ2) is 10.1. The van der Waals surface area contributed by atoms with E-state index in [0.29, 0.717) is 5.56 Å². The van der Waals surface area contributed by atoms with Crippen molar-refractivity contribution in [1.29, 1.82) is 0 Å². The summed E-state index contributed by atoms with van der Waals surface area (Å²) in [5.41, 5.74) is 8.35. The average Bonchev–Trinajstić information content (AvgIpc) is 3.17. The normalized spacial score (nSPS) is 11.2. The lowest BCUT2D eigenvalue weighted by Gasteiger charge is -2.23. The minimum atomic E-state index is -0.256. The van der Waals surface area contributed by atoms with Crippen LogP contribution in [0.2, 0.25) is 0 Å². The van der Waals surface area contributed by atoms with Crippen molar-refractivity contribution in [2.45, 2.75) is 33.9 Å². The van der Waals surface area contributed by atoms with Crippen LogP contribution in [-0.2, 0) is 13.1 Å². The van der Waals surface area contributed by atoms with Gasteiger partial charge in [0.1, 0.15) is 5.82 Å². The van der Waals surface area contributed by atoms with Gasteiger partial charge >= 0.3 is 0 Å². The first-order valence-electron chi connectivity index (χ1n) is 11.3. The van der Waals surface area contributed by atoms with Gasteiger partial charge in [-0.1, -0.05) is 42.5 Å². The molecule has 4 aromatic rings. The third-order valence-electron chi connectivity index (χ3n) is 5.75. The Labute approximate surface area is 194 Å². The number of hydrazone groups is 1. The molecular weight excluding hydrogens is 410 g/mol. The van der Waals surface area contributed by atoms with Gasteiger partial charge in [0.25, 0.3) is 5.91 Å². The number of nitrogens with zero attached hydrogens (tertiary/aromatic N) is 4. The molecule has 168 valence electrons. The minimum absolute atomic E-state index is 0.256. The molecule has 0 unspecified atom stereocenters. The quantitative estimate of drug-likeness (QED) is 0.305. The summed E-state index contributed by atoms with van der Waals surface area (Å²) in [5.74, 6) is 0.686. The molecule has 0 aliphatic carbocycles. The van der Waals surface area contributed by atoms with E-state index >= 15 is 0 Å². The number of rotatable bonds is 8. The lowest BCUT2D eigenvalue weighted by Crippen LogP contribution is -2.21. The van der Waals surface area contributed by atoms with Crippen LogP contribution in [0.5, 0.6) is 0 Å². The summed E-state index contributed by atoms with van der Waals surface area (Å²) in [6.45, 7) is 8.83. The Morgan fingerprint density at radius 3 is 2.52 bits per heavy atom. The van der Waals surface area contributed by atoms with Gasteiger partial charge in [-0.3, -0.25) is 4.79 Å². The molecule has 6 heteroatoms. The van der Waals surface area contributed by atoms with Gasteiger partial charge in [-0.05, 0) is 62.2 Å². The Morgan fingerprint density at radius 2 is 1.82 bits per heavy atom. The van der Waals surface area contributed by atoms with Crippen molar-refractivity contribution in [3.8, 4) is 0 Å². The molecule has 0 saturated carbocycles. The van der Waals surface area contributed by atoms with E-state index in [4.69, 9.17) is 0 Å². The summed E-state index contributed by atoms with van der Waals surface area (Å²) in [6, 6.07) is 24.2. The number of imidazole rings is 1. The molecule has 3 aromatic carbocycles. The predicted molar refractivity (Wildman–Crippen MR) is 135 cm³/mol. The first-order valence-corrected chi connectivity index (χ1v) is 11.3. The molecule has 1 amide bonds. The number of carbonyl (C=O) groups is 1. The highest BCUT2D eigenvalue weighted by Gasteiger charge is 2.10. The van der Waals surface area contributed by atoms with Crippen LogP contribution in [-0.4, -0.2) is 28.2 Å². The van der Waals surface area contributed by atoms with E-state index in [-0.39, 0.29) is 5.91 Å². The summed E-state index contributed by atoms with van der Waals surface area (Å²) in [5, 5.41) is 4.14. The van der Waals surface area contributed by atoms with Crippen molar-refractivity contribution < 1.29 is 4.79 Å². The lowest BCUT2D eigenvalue weighted by molar-refractivity contribution is 0.0955. The fraction of sp³-hybridized carbons (Fsp3) is 0.222. The molecule has 0 aliphatic rings. The van der Waals surface area contributed by atoms with Crippen LogP contribution in [0.25, 0.3) is 11.0 Å². The third kappa shape index (κ3) is 5.12. The molecule has 1 N–H and O–H groups in total. The number of benzene rings is 3. The predicted octanol–water partition coefficient (Wildman–Crippen LogP) is 5.16. The summed E-state index contributed by atoms with van der Waals surface area (Å²) in [6.07, 6.45) is 1.66. The van der Waals surface area contributed by atoms with Crippen molar-refractivity contribution in [2.24, 2.45) is 5.10 Å². The highest BCUT2D eigenvalue weighted by Crippen LogP contribution is 2.19. The monoisotopic (exact) mass is 439 g/mol. The molecule has 6 nitrogen and oxygen atoms in total. The van der Waals surface area contributed by atoms with Gasteiger partial charge in [0.2, 0.25) is 0 Å². The topological polar surface area (TPSA) is 62.5 Å². The molecule has 0 saturated heterocycles. The standard InChI is InChI=1S/C27H29N5O/c1-4-31(19-22-9-7-6-8-10-22)24-14-11-21(12-15-24)18-28-30-27(33)23-13-16-26-25(17-23)29-20(3)32(26)5-2/h6-18H,4-5,19H2,1-3H3,(H,30,33)/b28-18+. The van der Waals surface area contributed by atoms with E-state index in [9.17, 15) is 4.79 Å². The molecule has 0 spiro atoms. The Morgan fingerprint density at radius 1 is 1.06 bits per heavy atom. The fourth-order valence-electron chi connectivity index (χ4n) is 3.98. The van der Waals surface area contributed by atoms with E-state index in [1.165, 1.54) is 5.56 Å². The number of carbonyl (C=O) groups excluding carboxylic acids is 1. The molecule has 1 aromatic heterocycles. The van der Waals surface area contributed by atoms with Crippen molar-refractivity contribution in [3.05, 3.63) is 95.3 Å². The van der Waals surface area contributed by atoms with Gasteiger partial charge in [0.05, 0.1) is 17.2 Å². The first kappa shape index (κ1) is 22.3. The summed E-state index contributed by atoms with van der Waals surface area (Å²) >= 11 is 0. The van der Waals surface area contributed by atoms with Gasteiger partial charge in [-0.25, -0.2) is 10.4 Å². The highest BCUT2D eigenvalue weighted by molar-refractivity contribution is 5.98. The molecule has 1 heterocycles. The Kier molecular flexibility index (Phi) is 6.83. The van der Waals surface area contributed by atoms with Crippen LogP contribution in [0.3, 0.4) is 0 Å². The molecule has 4 rings (SSSR count). The van der Waals surface area contributed by atoms with E-state index in [0.717, 1.165) is 47.7 Å². The van der Waals surface area contributed by atoms with E-state index in [1.807, 2.05) is 31.2 Å². The molecule has 33 heavy (non-hydrogen) atoms. The largest absolute Gasteiger partial charge is 0.367 e. The molecule has 0 aliphatic heterocycles. The summed E-state index contributed by atoms with van der Waals surface area (Å²) in [7, 11) is 0. The van der Waals surface area contributed by atoms with Crippen molar-refractivity contribution in [2.75, 3.05) is 11.4 Å². The van der Waals surface area contributed by atoms with Crippen LogP contribution in [0, 0.1) is 6.92 Å². The van der Waals surface area contributed by atoms with Crippen molar-refractivity contribution in [3.63, 3.8) is 0 Å². The van der Waals surface area contributed by atoms with Crippen LogP contribution in [0.4, 0.5) is 5.69 Å². The minimum Gasteiger partial charge on any atom is -0.367 e. The number of anilines is 1. The molecule has 0 atom stereocenters. The van der Waals surface area contributed by atoms with Crippen molar-refractivity contribution >= 4 is 28.8 Å². The second-order valence-electron chi connectivity index (χ2n) is 7.90. The zero-order valence-electron chi connectivity index (χ0n) is 19.3. The second-order valence-corrected chi connectivity index (χ2v) is 7.90. The third-order valence-corrected chi connectivity index (χ3v) is 5.75. The summed E-state index contributed by atoms with van der Waals surface area (Å²) < 4.78 is 2.12. The van der Waals surface area contributed by atoms with Crippen LogP contribution >= 0.6 is 0 Å². The number of aryl methyl sites for hydroxylation is 2. The maximum Gasteiger partial charge on any atom is 0.271 e. The number of nitrogens with one attached hydrogen (secondary N) is 1. The number of fused-ring (bicyclic) bond motifs is 1. The van der Waals surface area contributed by atoms with Crippen LogP contribution in [0.1, 0.15) is 41.2 Å². The van der Waals surface area contributed by atoms with Gasteiger partial charge in [0, 0.05) is 30.9 Å². The van der Waals surface area contributed by atoms with Crippen molar-refractivity contribution in [1.82, 2.24) is 15.0 Å². The van der Waals surface area contributed by atoms with E-state index in [2.05, 4.69) is 75.2 Å². The molecule has 0 fully saturated rings. The number of hydrogen-bond acceptors (Lipinski definition) is 4. The molecular formula is C27H29N5O. The number of aromatic nitrogens is 2. The van der Waals surface area contributed by atoms with E-state index in [1.54, 1.807) is 18.3 Å². The zero-order chi connectivity index (χ0) is 23.2. The smallest absolute Gasteiger partial charge is 0.271 e. The molecule has 0 bridgehead atoms. The maximum atomic E-state index is 12.5. The summed E-state index contributed by atoms with van der Waals surface area (Å²) in [4.78, 5) is 19.4. The average molecular weight is 440 g/mol. The lowest BCUT2D eigenvalue weighted by atomic mass is 10.1. The van der Waals surface area contributed by atoms with Gasteiger partial charge in [0.15, 0.2) is 0 Å². The van der Waals surface area contributed by atoms with Gasteiger partial charge < -0.3 is 9.47 Å².